The van der Waals surface area contributed by atoms with Crippen LogP contribution in [0.25, 0.3) is 10.9 Å². The first-order valence-electron chi connectivity index (χ1n) is 14.5. The van der Waals surface area contributed by atoms with Crippen molar-refractivity contribution in [3.05, 3.63) is 89.4 Å². The molecule has 2 aliphatic heterocycles. The fourth-order valence-corrected chi connectivity index (χ4v) is 5.72. The molecule has 0 unspecified atom stereocenters. The van der Waals surface area contributed by atoms with E-state index in [0.717, 1.165) is 16.5 Å². The normalized spacial score (nSPS) is 19.4. The van der Waals surface area contributed by atoms with Crippen LogP contribution < -0.4 is 24.8 Å². The number of hydrogen-bond acceptors (Lipinski definition) is 6. The number of aromatic amines is 1. The monoisotopic (exact) mass is 600 g/mol. The summed E-state index contributed by atoms with van der Waals surface area (Å²) in [5.41, 5.74) is 2.65. The second-order valence-electron chi connectivity index (χ2n) is 11.0. The average molecular weight is 601 g/mol. The Labute approximate surface area is 253 Å². The van der Waals surface area contributed by atoms with Crippen LogP contribution in [0.15, 0.2) is 66.9 Å². The lowest BCUT2D eigenvalue weighted by Crippen LogP contribution is -2.58. The molecule has 1 fully saturated rings. The number of nitrogens with zero attached hydrogens (tertiary/aromatic N) is 1. The van der Waals surface area contributed by atoms with Crippen molar-refractivity contribution in [2.24, 2.45) is 0 Å². The quantitative estimate of drug-likeness (QED) is 0.323. The van der Waals surface area contributed by atoms with Gasteiger partial charge in [-0.3, -0.25) is 14.4 Å². The Bertz CT molecular complexity index is 1700. The van der Waals surface area contributed by atoms with Crippen LogP contribution in [0.3, 0.4) is 0 Å². The number of carbonyl (C=O) groups is 3. The van der Waals surface area contributed by atoms with Gasteiger partial charge in [0.2, 0.25) is 5.91 Å². The van der Waals surface area contributed by atoms with Gasteiger partial charge in [0.1, 0.15) is 17.7 Å². The molecular formula is C33H33FN4O6. The van der Waals surface area contributed by atoms with Crippen molar-refractivity contribution in [2.75, 3.05) is 26.8 Å². The number of nitrogens with one attached hydrogen (secondary N) is 3. The second-order valence-corrected chi connectivity index (χ2v) is 11.0. The van der Waals surface area contributed by atoms with Gasteiger partial charge in [0.25, 0.3) is 11.8 Å². The van der Waals surface area contributed by atoms with Crippen LogP contribution in [0, 0.1) is 5.82 Å². The standard InChI is InChI=1S/C33H33FN4O6/c1-42-28-7-5-20-6-8-30(39)36-17-21-13-23(34)16-24(14-21)44-27-10-12-38(18-26(27)37-31(40)19-43-29(28)15-20)33(41)25-4-2-3-22-9-11-35-32(22)25/h2-5,7,9,11,13-16,26-27,35H,6,8,10,12,17-19H2,1H3,(H,36,39)(H,37,40)/t26-,27-/m1/s1. The number of aryl methyl sites for hydroxylation is 1. The van der Waals surface area contributed by atoms with Gasteiger partial charge in [-0.2, -0.15) is 0 Å². The maximum atomic E-state index is 14.6. The van der Waals surface area contributed by atoms with Gasteiger partial charge in [0.15, 0.2) is 18.1 Å². The molecule has 11 heteroatoms. The van der Waals surface area contributed by atoms with Crippen LogP contribution in [0.5, 0.6) is 17.2 Å². The molecule has 0 saturated carbocycles. The second kappa shape index (κ2) is 12.7. The van der Waals surface area contributed by atoms with Crippen LogP contribution in [-0.2, 0) is 22.6 Å². The highest BCUT2D eigenvalue weighted by Gasteiger charge is 2.35. The van der Waals surface area contributed by atoms with E-state index < -0.39 is 23.9 Å². The Balaban J connectivity index is 1.28. The summed E-state index contributed by atoms with van der Waals surface area (Å²) in [6.07, 6.45) is 2.25. The molecule has 44 heavy (non-hydrogen) atoms. The number of aromatic nitrogens is 1. The van der Waals surface area contributed by atoms with Crippen LogP contribution in [-0.4, -0.2) is 66.6 Å². The number of carbonyl (C=O) groups excluding carboxylic acids is 3. The van der Waals surface area contributed by atoms with Crippen molar-refractivity contribution in [1.82, 2.24) is 20.5 Å². The molecule has 2 atom stereocenters. The van der Waals surface area contributed by atoms with Crippen LogP contribution in [0.2, 0.25) is 0 Å². The number of amides is 3. The average Bonchev–Trinajstić information content (AvgIpc) is 3.51. The highest BCUT2D eigenvalue weighted by Crippen LogP contribution is 2.29. The first kappa shape index (κ1) is 29.0. The molecule has 0 aliphatic carbocycles. The van der Waals surface area contributed by atoms with Gasteiger partial charge in [-0.1, -0.05) is 18.2 Å². The number of rotatable bonds is 2. The molecular weight excluding hydrogens is 567 g/mol. The summed E-state index contributed by atoms with van der Waals surface area (Å²) in [6, 6.07) is 16.4. The van der Waals surface area contributed by atoms with Gasteiger partial charge in [-0.05, 0) is 53.9 Å². The SMILES string of the molecule is COc1ccc2cc1OCC(=O)N[C@@H]1CN(C(=O)c3cccc4cc[nH]c34)CC[C@H]1Oc1cc(F)cc(c1)CNC(=O)CC2. The molecule has 228 valence electrons. The van der Waals surface area contributed by atoms with Crippen LogP contribution in [0.1, 0.15) is 34.3 Å². The van der Waals surface area contributed by atoms with Gasteiger partial charge in [0, 0.05) is 50.1 Å². The minimum Gasteiger partial charge on any atom is -0.493 e. The number of H-pyrrole nitrogens is 1. The summed E-state index contributed by atoms with van der Waals surface area (Å²) in [4.78, 5) is 44.3. The third-order valence-electron chi connectivity index (χ3n) is 7.94. The summed E-state index contributed by atoms with van der Waals surface area (Å²) in [5.74, 6) is -0.194. The Kier molecular flexibility index (Phi) is 8.36. The number of halogens is 1. The minimum absolute atomic E-state index is 0.126. The molecule has 2 aliphatic rings. The molecule has 1 aromatic heterocycles. The van der Waals surface area contributed by atoms with Gasteiger partial charge < -0.3 is 34.7 Å². The Morgan fingerprint density at radius 3 is 2.77 bits per heavy atom. The number of para-hydroxylation sites is 1. The van der Waals surface area contributed by atoms with Crippen molar-refractivity contribution in [2.45, 2.75) is 38.0 Å². The Hall–Kier alpha value is -5.06. The fraction of sp³-hybridized carbons (Fsp3) is 0.303. The molecule has 3 heterocycles. The van der Waals surface area contributed by atoms with Crippen molar-refractivity contribution in [3.8, 4) is 17.2 Å². The van der Waals surface area contributed by atoms with Crippen LogP contribution in [0.4, 0.5) is 4.39 Å². The predicted octanol–water partition coefficient (Wildman–Crippen LogP) is 3.74. The smallest absolute Gasteiger partial charge is 0.258 e. The van der Waals surface area contributed by atoms with E-state index in [1.54, 1.807) is 35.4 Å². The number of fused-ring (bicyclic) bond motifs is 6. The highest BCUT2D eigenvalue weighted by atomic mass is 19.1. The van der Waals surface area contributed by atoms with Gasteiger partial charge in [-0.15, -0.1) is 0 Å². The minimum atomic E-state index is -0.620. The number of piperidine rings is 1. The highest BCUT2D eigenvalue weighted by molar-refractivity contribution is 6.05. The van der Waals surface area contributed by atoms with E-state index >= 15 is 0 Å². The zero-order valence-corrected chi connectivity index (χ0v) is 24.2. The van der Waals surface area contributed by atoms with Crippen molar-refractivity contribution >= 4 is 28.6 Å². The van der Waals surface area contributed by atoms with E-state index in [4.69, 9.17) is 14.2 Å². The number of benzene rings is 3. The van der Waals surface area contributed by atoms with Crippen LogP contribution >= 0.6 is 0 Å². The molecule has 3 N–H and O–H groups in total. The van der Waals surface area contributed by atoms with Gasteiger partial charge in [-0.25, -0.2) is 4.39 Å². The molecule has 4 bridgehead atoms. The van der Waals surface area contributed by atoms with E-state index in [9.17, 15) is 18.8 Å². The van der Waals surface area contributed by atoms with Crippen molar-refractivity contribution in [1.29, 1.82) is 0 Å². The first-order valence-corrected chi connectivity index (χ1v) is 14.5. The number of hydrogen-bond donors (Lipinski definition) is 3. The molecule has 0 spiro atoms. The lowest BCUT2D eigenvalue weighted by atomic mass is 10.00. The summed E-state index contributed by atoms with van der Waals surface area (Å²) in [6.45, 7) is 0.347. The zero-order valence-electron chi connectivity index (χ0n) is 24.2. The summed E-state index contributed by atoms with van der Waals surface area (Å²) in [7, 11) is 1.51. The van der Waals surface area contributed by atoms with Gasteiger partial charge >= 0.3 is 0 Å². The number of likely N-dealkylation sites (tertiary alicyclic amines) is 1. The molecule has 3 aromatic carbocycles. The Morgan fingerprint density at radius 1 is 1.02 bits per heavy atom. The molecule has 6 rings (SSSR count). The molecule has 0 radical (unpaired) electrons. The maximum Gasteiger partial charge on any atom is 0.258 e. The lowest BCUT2D eigenvalue weighted by Gasteiger charge is -2.39. The Morgan fingerprint density at radius 2 is 1.91 bits per heavy atom. The number of ether oxygens (including phenoxy) is 3. The zero-order chi connectivity index (χ0) is 30.6. The summed E-state index contributed by atoms with van der Waals surface area (Å²) in [5, 5.41) is 6.75. The largest absolute Gasteiger partial charge is 0.493 e. The van der Waals surface area contributed by atoms with Gasteiger partial charge in [0.05, 0.1) is 24.2 Å². The van der Waals surface area contributed by atoms with E-state index in [1.165, 1.54) is 19.2 Å². The third kappa shape index (κ3) is 6.46. The lowest BCUT2D eigenvalue weighted by molar-refractivity contribution is -0.125. The molecule has 3 amide bonds. The predicted molar refractivity (Wildman–Crippen MR) is 160 cm³/mol. The first-order chi connectivity index (χ1) is 21.4. The van der Waals surface area contributed by atoms with E-state index in [2.05, 4.69) is 15.6 Å². The number of methoxy groups -OCH3 is 1. The topological polar surface area (TPSA) is 122 Å². The molecule has 1 saturated heterocycles. The van der Waals surface area contributed by atoms with Crippen molar-refractivity contribution in [3.63, 3.8) is 0 Å². The summed E-state index contributed by atoms with van der Waals surface area (Å²) >= 11 is 0. The van der Waals surface area contributed by atoms with E-state index in [1.807, 2.05) is 24.3 Å². The van der Waals surface area contributed by atoms with E-state index in [0.29, 0.717) is 42.0 Å². The fourth-order valence-electron chi connectivity index (χ4n) is 5.72. The van der Waals surface area contributed by atoms with Crippen molar-refractivity contribution < 1.29 is 33.0 Å². The molecule has 4 aromatic rings. The third-order valence-corrected chi connectivity index (χ3v) is 7.94. The molecule has 10 nitrogen and oxygen atoms in total. The maximum absolute atomic E-state index is 14.6. The summed E-state index contributed by atoms with van der Waals surface area (Å²) < 4.78 is 32.1. The van der Waals surface area contributed by atoms with E-state index in [-0.39, 0.29) is 43.7 Å².